The molecule has 0 radical (unpaired) electrons. The maximum absolute atomic E-state index is 13.7. The van der Waals surface area contributed by atoms with Crippen molar-refractivity contribution in [2.24, 2.45) is 0 Å². The molecule has 246 valence electrons. The molecule has 1 fully saturated rings. The average Bonchev–Trinajstić information content (AvgIpc) is 3.53. The van der Waals surface area contributed by atoms with Crippen molar-refractivity contribution in [1.29, 1.82) is 0 Å². The highest BCUT2D eigenvalue weighted by atomic mass is 32.2. The number of hydrogen-bond acceptors (Lipinski definition) is 9. The summed E-state index contributed by atoms with van der Waals surface area (Å²) < 4.78 is 5.78. The van der Waals surface area contributed by atoms with Crippen LogP contribution in [0.25, 0.3) is 10.8 Å². The van der Waals surface area contributed by atoms with Gasteiger partial charge in [-0.25, -0.2) is 0 Å². The summed E-state index contributed by atoms with van der Waals surface area (Å²) in [7, 11) is 0. The lowest BCUT2D eigenvalue weighted by Gasteiger charge is -2.32. The number of ether oxygens (including phenoxy) is 1. The Hall–Kier alpha value is -3.81. The van der Waals surface area contributed by atoms with Crippen molar-refractivity contribution in [2.75, 3.05) is 30.2 Å². The highest BCUT2D eigenvalue weighted by Gasteiger charge is 2.41. The van der Waals surface area contributed by atoms with Crippen LogP contribution in [0.2, 0.25) is 0 Å². The topological polar surface area (TPSA) is 150 Å². The molecule has 0 unspecified atom stereocenters. The molecule has 4 atom stereocenters. The highest BCUT2D eigenvalue weighted by molar-refractivity contribution is 7.99. The lowest BCUT2D eigenvalue weighted by atomic mass is 9.99. The van der Waals surface area contributed by atoms with E-state index in [0.717, 1.165) is 16.3 Å². The van der Waals surface area contributed by atoms with Crippen LogP contribution in [-0.2, 0) is 25.6 Å². The third kappa shape index (κ3) is 9.60. The van der Waals surface area contributed by atoms with Gasteiger partial charge in [-0.2, -0.15) is 11.8 Å². The lowest BCUT2D eigenvalue weighted by molar-refractivity contribution is -0.147. The Kier molecular flexibility index (Phi) is 12.3. The van der Waals surface area contributed by atoms with E-state index in [2.05, 4.69) is 20.9 Å². The second-order valence-corrected chi connectivity index (χ2v) is 13.9. The summed E-state index contributed by atoms with van der Waals surface area (Å²) in [5, 5.41) is 21.5. The van der Waals surface area contributed by atoms with Crippen molar-refractivity contribution in [1.82, 2.24) is 25.8 Å². The van der Waals surface area contributed by atoms with Gasteiger partial charge in [-0.3, -0.25) is 24.2 Å². The van der Waals surface area contributed by atoms with Crippen LogP contribution in [0.3, 0.4) is 0 Å². The number of nitrogens with zero attached hydrogens (tertiary/aromatic N) is 2. The molecule has 0 aliphatic carbocycles. The van der Waals surface area contributed by atoms with E-state index in [4.69, 9.17) is 4.74 Å². The second-order valence-electron chi connectivity index (χ2n) is 12.0. The summed E-state index contributed by atoms with van der Waals surface area (Å²) in [6, 6.07) is 13.7. The van der Waals surface area contributed by atoms with E-state index in [1.54, 1.807) is 36.8 Å². The molecule has 1 aliphatic rings. The van der Waals surface area contributed by atoms with E-state index in [1.807, 2.05) is 57.2 Å². The molecule has 4 N–H and O–H groups in total. The van der Waals surface area contributed by atoms with Crippen molar-refractivity contribution in [3.8, 4) is 5.75 Å². The summed E-state index contributed by atoms with van der Waals surface area (Å²) in [6.07, 6.45) is 3.67. The molecule has 0 bridgehead atoms. The minimum atomic E-state index is -1.64. The molecule has 2 aromatic carbocycles. The molecule has 1 aliphatic heterocycles. The minimum Gasteiger partial charge on any atom is -0.483 e. The number of benzene rings is 2. The number of aromatic nitrogens is 1. The lowest BCUT2D eigenvalue weighted by Crippen LogP contribution is -2.59. The molecule has 46 heavy (non-hydrogen) atoms. The van der Waals surface area contributed by atoms with Gasteiger partial charge in [-0.05, 0) is 51.1 Å². The van der Waals surface area contributed by atoms with Gasteiger partial charge in [-0.15, -0.1) is 11.8 Å². The van der Waals surface area contributed by atoms with Gasteiger partial charge in [0.15, 0.2) is 12.7 Å². The van der Waals surface area contributed by atoms with Crippen LogP contribution in [-0.4, -0.2) is 98.6 Å². The predicted octanol–water partition coefficient (Wildman–Crippen LogP) is 2.37. The SMILES string of the molecule is CSC[C@@H](NC(=O)COc1cccc2cnccc12)C(=O)N[C@H](Cc1ccccc1)[C@H](O)C(=O)N1CSC[C@H]1C(=O)NC(C)(C)C. The fourth-order valence-electron chi connectivity index (χ4n) is 5.01. The Morgan fingerprint density at radius 2 is 1.85 bits per heavy atom. The van der Waals surface area contributed by atoms with Crippen molar-refractivity contribution < 1.29 is 29.0 Å². The molecular formula is C33H41N5O6S2. The molecule has 4 amide bonds. The molecule has 1 aromatic heterocycles. The van der Waals surface area contributed by atoms with Gasteiger partial charge in [-0.1, -0.05) is 42.5 Å². The first-order chi connectivity index (χ1) is 22.0. The quantitative estimate of drug-likeness (QED) is 0.216. The molecule has 2 heterocycles. The zero-order chi connectivity index (χ0) is 33.3. The average molecular weight is 668 g/mol. The molecule has 0 saturated carbocycles. The van der Waals surface area contributed by atoms with Gasteiger partial charge in [0.05, 0.1) is 11.9 Å². The van der Waals surface area contributed by atoms with Gasteiger partial charge >= 0.3 is 0 Å². The van der Waals surface area contributed by atoms with E-state index >= 15 is 0 Å². The van der Waals surface area contributed by atoms with Gasteiger partial charge in [0.25, 0.3) is 11.8 Å². The van der Waals surface area contributed by atoms with E-state index < -0.39 is 47.5 Å². The number of fused-ring (bicyclic) bond motifs is 1. The molecule has 1 saturated heterocycles. The van der Waals surface area contributed by atoms with E-state index in [9.17, 15) is 24.3 Å². The van der Waals surface area contributed by atoms with Crippen molar-refractivity contribution in [2.45, 2.75) is 57.0 Å². The third-order valence-electron chi connectivity index (χ3n) is 7.21. The zero-order valence-electron chi connectivity index (χ0n) is 26.4. The van der Waals surface area contributed by atoms with Gasteiger partial charge in [0, 0.05) is 40.2 Å². The number of aliphatic hydroxyl groups is 1. The molecule has 11 nitrogen and oxygen atoms in total. The number of carbonyl (C=O) groups is 4. The molecule has 0 spiro atoms. The Balaban J connectivity index is 1.46. The summed E-state index contributed by atoms with van der Waals surface area (Å²) >= 11 is 2.78. The van der Waals surface area contributed by atoms with E-state index in [-0.39, 0.29) is 30.6 Å². The summed E-state index contributed by atoms with van der Waals surface area (Å²) in [5.41, 5.74) is 0.303. The molecule has 4 rings (SSSR count). The van der Waals surface area contributed by atoms with Crippen molar-refractivity contribution >= 4 is 57.9 Å². The largest absolute Gasteiger partial charge is 0.483 e. The Bertz CT molecular complexity index is 1510. The van der Waals surface area contributed by atoms with Crippen molar-refractivity contribution in [3.05, 3.63) is 72.6 Å². The standard InChI is InChI=1S/C33H41N5O6S2/c1-33(2,3)37-31(42)26-19-46-20-38(26)32(43)29(40)24(15-21-9-6-5-7-10-21)36-30(41)25(18-45-4)35-28(39)17-44-27-12-8-11-22-16-34-14-13-23(22)27/h5-14,16,24-26,29,40H,15,17-20H2,1-4H3,(H,35,39)(H,36,41)(H,37,42)/t24-,25-,26+,29+/m1/s1. The number of pyridine rings is 1. The maximum Gasteiger partial charge on any atom is 0.258 e. The first-order valence-corrected chi connectivity index (χ1v) is 17.5. The summed E-state index contributed by atoms with van der Waals surface area (Å²) in [5.74, 6) is -0.602. The van der Waals surface area contributed by atoms with Crippen LogP contribution in [0.4, 0.5) is 0 Å². The molecule has 13 heteroatoms. The summed E-state index contributed by atoms with van der Waals surface area (Å²) in [4.78, 5) is 58.7. The van der Waals surface area contributed by atoms with Crippen LogP contribution in [0, 0.1) is 0 Å². The second kappa shape index (κ2) is 16.1. The normalized spacial score (nSPS) is 16.7. The predicted molar refractivity (Wildman–Crippen MR) is 181 cm³/mol. The van der Waals surface area contributed by atoms with Crippen LogP contribution in [0.1, 0.15) is 26.3 Å². The number of aliphatic hydroxyl groups excluding tert-OH is 1. The maximum atomic E-state index is 13.7. The third-order valence-corrected chi connectivity index (χ3v) is 8.89. The molecular weight excluding hydrogens is 627 g/mol. The monoisotopic (exact) mass is 667 g/mol. The first kappa shape index (κ1) is 35.1. The number of nitrogens with one attached hydrogen (secondary N) is 3. The Morgan fingerprint density at radius 3 is 2.57 bits per heavy atom. The van der Waals surface area contributed by atoms with E-state index in [1.165, 1.54) is 28.4 Å². The fraction of sp³-hybridized carbons (Fsp3) is 0.424. The number of carbonyl (C=O) groups excluding carboxylic acids is 4. The minimum absolute atomic E-state index is 0.151. The highest BCUT2D eigenvalue weighted by Crippen LogP contribution is 2.25. The smallest absolute Gasteiger partial charge is 0.258 e. The van der Waals surface area contributed by atoms with Crippen LogP contribution < -0.4 is 20.7 Å². The van der Waals surface area contributed by atoms with Crippen LogP contribution in [0.15, 0.2) is 67.0 Å². The van der Waals surface area contributed by atoms with E-state index in [0.29, 0.717) is 11.5 Å². The van der Waals surface area contributed by atoms with Gasteiger partial charge in [0.1, 0.15) is 17.8 Å². The first-order valence-electron chi connectivity index (χ1n) is 14.9. The Morgan fingerprint density at radius 1 is 1.09 bits per heavy atom. The van der Waals surface area contributed by atoms with Crippen LogP contribution >= 0.6 is 23.5 Å². The van der Waals surface area contributed by atoms with Gasteiger partial charge < -0.3 is 30.7 Å². The van der Waals surface area contributed by atoms with Gasteiger partial charge in [0.2, 0.25) is 11.8 Å². The number of hydrogen-bond donors (Lipinski definition) is 4. The van der Waals surface area contributed by atoms with Crippen molar-refractivity contribution in [3.63, 3.8) is 0 Å². The van der Waals surface area contributed by atoms with Crippen LogP contribution in [0.5, 0.6) is 5.75 Å². The number of thioether (sulfide) groups is 2. The summed E-state index contributed by atoms with van der Waals surface area (Å²) in [6.45, 7) is 5.25. The number of rotatable bonds is 13. The number of amides is 4. The molecule has 3 aromatic rings. The fourth-order valence-corrected chi connectivity index (χ4v) is 6.74. The zero-order valence-corrected chi connectivity index (χ0v) is 28.0. The Labute approximate surface area is 277 Å².